The number of hydrogen-bond donors (Lipinski definition) is 1. The molecule has 2 heterocycles. The van der Waals surface area contributed by atoms with Gasteiger partial charge in [-0.2, -0.15) is 0 Å². The zero-order chi connectivity index (χ0) is 6.43. The SMILES string of the molecule is O=C1Cc2nc1[nH]c2I. The molecule has 0 saturated carbocycles. The summed E-state index contributed by atoms with van der Waals surface area (Å²) in [6.45, 7) is 0. The van der Waals surface area contributed by atoms with E-state index in [-0.39, 0.29) is 5.78 Å². The Hall–Kier alpha value is -0.390. The fourth-order valence-corrected chi connectivity index (χ4v) is 1.44. The summed E-state index contributed by atoms with van der Waals surface area (Å²) < 4.78 is 1.00. The fraction of sp³-hybridized carbons (Fsp3) is 0.200. The maximum atomic E-state index is 10.8. The number of imidazole rings is 1. The van der Waals surface area contributed by atoms with E-state index in [0.29, 0.717) is 12.2 Å². The second kappa shape index (κ2) is 1.56. The zero-order valence-electron chi connectivity index (χ0n) is 4.44. The Kier molecular flexibility index (Phi) is 0.934. The summed E-state index contributed by atoms with van der Waals surface area (Å²) in [5.74, 6) is 0.639. The van der Waals surface area contributed by atoms with Crippen LogP contribution in [-0.2, 0) is 6.42 Å². The molecule has 1 aliphatic rings. The first-order valence-electron chi connectivity index (χ1n) is 2.55. The van der Waals surface area contributed by atoms with Crippen molar-refractivity contribution in [1.29, 1.82) is 0 Å². The zero-order valence-corrected chi connectivity index (χ0v) is 6.60. The van der Waals surface area contributed by atoms with Gasteiger partial charge in [-0.05, 0) is 22.6 Å². The van der Waals surface area contributed by atoms with Gasteiger partial charge in [0.15, 0.2) is 5.82 Å². The molecule has 0 atom stereocenters. The van der Waals surface area contributed by atoms with E-state index in [4.69, 9.17) is 0 Å². The first-order chi connectivity index (χ1) is 4.27. The largest absolute Gasteiger partial charge is 0.331 e. The van der Waals surface area contributed by atoms with E-state index in [2.05, 4.69) is 32.6 Å². The number of Topliss-reactive ketones (excluding diaryl/α,β-unsaturated/α-hetero) is 1. The van der Waals surface area contributed by atoms with Crippen LogP contribution in [-0.4, -0.2) is 15.8 Å². The van der Waals surface area contributed by atoms with Crippen LogP contribution in [0.25, 0.3) is 0 Å². The van der Waals surface area contributed by atoms with Crippen LogP contribution in [0.4, 0.5) is 0 Å². The van der Waals surface area contributed by atoms with Crippen LogP contribution in [0.5, 0.6) is 0 Å². The molecule has 46 valence electrons. The van der Waals surface area contributed by atoms with Crippen LogP contribution in [0.1, 0.15) is 16.3 Å². The van der Waals surface area contributed by atoms with E-state index in [9.17, 15) is 4.79 Å². The van der Waals surface area contributed by atoms with E-state index in [1.807, 2.05) is 0 Å². The van der Waals surface area contributed by atoms with Crippen molar-refractivity contribution in [2.75, 3.05) is 0 Å². The highest BCUT2D eigenvalue weighted by molar-refractivity contribution is 14.1. The lowest BCUT2D eigenvalue weighted by Crippen LogP contribution is -2.02. The number of carbonyl (C=O) groups excluding carboxylic acids is 1. The minimum Gasteiger partial charge on any atom is -0.331 e. The number of halogens is 1. The third-order valence-corrected chi connectivity index (χ3v) is 2.21. The molecule has 0 spiro atoms. The molecule has 1 aromatic rings. The molecule has 1 N–H and O–H groups in total. The van der Waals surface area contributed by atoms with Crippen molar-refractivity contribution in [3.63, 3.8) is 0 Å². The van der Waals surface area contributed by atoms with Gasteiger partial charge in [-0.15, -0.1) is 0 Å². The lowest BCUT2D eigenvalue weighted by Gasteiger charge is -1.92. The molecule has 3 nitrogen and oxygen atoms in total. The monoisotopic (exact) mass is 234 g/mol. The highest BCUT2D eigenvalue weighted by atomic mass is 127. The Morgan fingerprint density at radius 3 is 2.78 bits per heavy atom. The van der Waals surface area contributed by atoms with E-state index in [1.165, 1.54) is 0 Å². The predicted octanol–water partition coefficient (Wildman–Crippen LogP) is 0.753. The third kappa shape index (κ3) is 0.623. The van der Waals surface area contributed by atoms with Crippen LogP contribution >= 0.6 is 22.6 Å². The Balaban J connectivity index is 2.68. The third-order valence-electron chi connectivity index (χ3n) is 1.32. The Morgan fingerprint density at radius 2 is 2.44 bits per heavy atom. The summed E-state index contributed by atoms with van der Waals surface area (Å²) in [5.41, 5.74) is 0.899. The van der Waals surface area contributed by atoms with Gasteiger partial charge in [0, 0.05) is 0 Å². The summed E-state index contributed by atoms with van der Waals surface area (Å²) in [6, 6.07) is 0. The minimum absolute atomic E-state index is 0.116. The Morgan fingerprint density at radius 1 is 1.67 bits per heavy atom. The highest BCUT2D eigenvalue weighted by Gasteiger charge is 2.23. The molecule has 0 aromatic carbocycles. The van der Waals surface area contributed by atoms with Crippen LogP contribution in [0.3, 0.4) is 0 Å². The van der Waals surface area contributed by atoms with Crippen molar-refractivity contribution in [3.05, 3.63) is 15.2 Å². The van der Waals surface area contributed by atoms with Gasteiger partial charge in [0.1, 0.15) is 3.70 Å². The number of hydrogen-bond acceptors (Lipinski definition) is 2. The van der Waals surface area contributed by atoms with Gasteiger partial charge in [-0.3, -0.25) is 4.79 Å². The van der Waals surface area contributed by atoms with E-state index in [0.717, 1.165) is 9.39 Å². The second-order valence-corrected chi connectivity index (χ2v) is 3.02. The van der Waals surface area contributed by atoms with Crippen LogP contribution < -0.4 is 0 Å². The van der Waals surface area contributed by atoms with Crippen molar-refractivity contribution in [2.45, 2.75) is 6.42 Å². The number of aromatic nitrogens is 2. The van der Waals surface area contributed by atoms with Crippen LogP contribution in [0, 0.1) is 3.70 Å². The summed E-state index contributed by atoms with van der Waals surface area (Å²) in [7, 11) is 0. The van der Waals surface area contributed by atoms with Gasteiger partial charge in [0.25, 0.3) is 0 Å². The molecule has 2 bridgehead atoms. The van der Waals surface area contributed by atoms with Crippen molar-refractivity contribution in [1.82, 2.24) is 9.97 Å². The number of nitrogens with one attached hydrogen (secondary N) is 1. The maximum absolute atomic E-state index is 10.8. The number of fused-ring (bicyclic) bond motifs is 2. The van der Waals surface area contributed by atoms with Crippen molar-refractivity contribution in [3.8, 4) is 0 Å². The second-order valence-electron chi connectivity index (χ2n) is 1.95. The highest BCUT2D eigenvalue weighted by Crippen LogP contribution is 2.17. The van der Waals surface area contributed by atoms with Gasteiger partial charge in [0.05, 0.1) is 12.1 Å². The molecule has 1 aromatic heterocycles. The smallest absolute Gasteiger partial charge is 0.204 e. The number of aromatic amines is 1. The van der Waals surface area contributed by atoms with E-state index < -0.39 is 0 Å². The number of carbonyl (C=O) groups is 1. The molecule has 4 heteroatoms. The van der Waals surface area contributed by atoms with Gasteiger partial charge >= 0.3 is 0 Å². The molecule has 0 saturated heterocycles. The minimum atomic E-state index is 0.116. The first kappa shape index (κ1) is 5.40. The summed E-state index contributed by atoms with van der Waals surface area (Å²) in [4.78, 5) is 17.6. The Labute approximate surface area is 65.0 Å². The summed E-state index contributed by atoms with van der Waals surface area (Å²) >= 11 is 2.14. The average Bonchev–Trinajstić information content (AvgIpc) is 2.24. The molecule has 0 fully saturated rings. The number of nitrogens with zero attached hydrogens (tertiary/aromatic N) is 1. The van der Waals surface area contributed by atoms with Gasteiger partial charge in [0.2, 0.25) is 5.78 Å². The number of H-pyrrole nitrogens is 1. The standard InChI is InChI=1S/C5H3IN2O/c6-4-2-1-3(9)5(7-2)8-4/h1H2,(H,7,8). The summed E-state index contributed by atoms with van der Waals surface area (Å²) in [5, 5.41) is 0. The lowest BCUT2D eigenvalue weighted by molar-refractivity contribution is 0.0990. The van der Waals surface area contributed by atoms with Gasteiger partial charge < -0.3 is 4.98 Å². The number of rotatable bonds is 0. The molecule has 0 unspecified atom stereocenters. The van der Waals surface area contributed by atoms with Crippen molar-refractivity contribution >= 4 is 28.4 Å². The van der Waals surface area contributed by atoms with Crippen LogP contribution in [0.2, 0.25) is 0 Å². The Bertz CT molecular complexity index is 275. The van der Waals surface area contributed by atoms with Crippen molar-refractivity contribution < 1.29 is 4.79 Å². The van der Waals surface area contributed by atoms with Crippen LogP contribution in [0.15, 0.2) is 0 Å². The molecule has 9 heavy (non-hydrogen) atoms. The molecule has 1 aliphatic heterocycles. The van der Waals surface area contributed by atoms with Gasteiger partial charge in [-0.25, -0.2) is 4.98 Å². The molecule has 0 radical (unpaired) electrons. The van der Waals surface area contributed by atoms with E-state index in [1.54, 1.807) is 0 Å². The normalized spacial score (nSPS) is 15.0. The molecular weight excluding hydrogens is 231 g/mol. The molecule has 0 aliphatic carbocycles. The topological polar surface area (TPSA) is 45.8 Å². The summed E-state index contributed by atoms with van der Waals surface area (Å²) in [6.07, 6.45) is 0.501. The first-order valence-corrected chi connectivity index (χ1v) is 3.63. The van der Waals surface area contributed by atoms with E-state index >= 15 is 0 Å². The molecule has 2 rings (SSSR count). The fourth-order valence-electron chi connectivity index (χ4n) is 0.873. The maximum Gasteiger partial charge on any atom is 0.204 e. The van der Waals surface area contributed by atoms with Gasteiger partial charge in [-0.1, -0.05) is 0 Å². The van der Waals surface area contributed by atoms with Crippen molar-refractivity contribution in [2.24, 2.45) is 0 Å². The quantitative estimate of drug-likeness (QED) is 0.673. The average molecular weight is 234 g/mol. The molecule has 0 amide bonds. The predicted molar refractivity (Wildman–Crippen MR) is 39.3 cm³/mol. The molecular formula is C5H3IN2O. The number of ketones is 1. The lowest BCUT2D eigenvalue weighted by atomic mass is 10.2.